The summed E-state index contributed by atoms with van der Waals surface area (Å²) in [4.78, 5) is 14.9. The summed E-state index contributed by atoms with van der Waals surface area (Å²) in [7, 11) is 1.35. The van der Waals surface area contributed by atoms with E-state index in [0.717, 1.165) is 32.5 Å². The highest BCUT2D eigenvalue weighted by Gasteiger charge is 2.22. The van der Waals surface area contributed by atoms with E-state index in [-0.39, 0.29) is 23.4 Å². The number of halogens is 2. The molecule has 1 aliphatic rings. The number of nitrogens with one attached hydrogen (secondary N) is 1. The van der Waals surface area contributed by atoms with E-state index in [0.29, 0.717) is 5.56 Å². The molecule has 0 unspecified atom stereocenters. The number of aryl methyl sites for hydroxylation is 1. The van der Waals surface area contributed by atoms with Gasteiger partial charge in [-0.25, -0.2) is 0 Å². The molecule has 0 saturated carbocycles. The third-order valence-corrected chi connectivity index (χ3v) is 5.05. The van der Waals surface area contributed by atoms with Crippen molar-refractivity contribution in [3.63, 3.8) is 0 Å². The Morgan fingerprint density at radius 3 is 2.59 bits per heavy atom. The summed E-state index contributed by atoms with van der Waals surface area (Å²) in [5.74, 6) is -0.238. The highest BCUT2D eigenvalue weighted by Crippen LogP contribution is 2.29. The Labute approximate surface area is 169 Å². The van der Waals surface area contributed by atoms with Gasteiger partial charge in [-0.1, -0.05) is 29.8 Å². The van der Waals surface area contributed by atoms with Gasteiger partial charge in [-0.2, -0.15) is 8.78 Å². The molecule has 5 nitrogen and oxygen atoms in total. The van der Waals surface area contributed by atoms with Gasteiger partial charge in [-0.05, 0) is 43.5 Å². The monoisotopic (exact) mass is 404 g/mol. The molecular weight excluding hydrogens is 378 g/mol. The Hall–Kier alpha value is -2.67. The molecule has 1 aliphatic heterocycles. The molecule has 1 N–H and O–H groups in total. The summed E-state index contributed by atoms with van der Waals surface area (Å²) < 4.78 is 34.3. The smallest absolute Gasteiger partial charge is 0.387 e. The first kappa shape index (κ1) is 21.0. The number of piperidine rings is 1. The molecule has 2 aromatic carbocycles. The normalized spacial score (nSPS) is 15.3. The van der Waals surface area contributed by atoms with Crippen LogP contribution in [-0.4, -0.2) is 43.7 Å². The summed E-state index contributed by atoms with van der Waals surface area (Å²) in [6, 6.07) is 12.8. The van der Waals surface area contributed by atoms with Gasteiger partial charge in [0.25, 0.3) is 5.91 Å². The number of nitrogens with zero attached hydrogens (tertiary/aromatic N) is 1. The number of carbonyl (C=O) groups excluding carboxylic acids is 1. The zero-order valence-corrected chi connectivity index (χ0v) is 16.7. The molecule has 0 aliphatic carbocycles. The van der Waals surface area contributed by atoms with Crippen LogP contribution in [0, 0.1) is 6.92 Å². The lowest BCUT2D eigenvalue weighted by Gasteiger charge is -2.32. The maximum absolute atomic E-state index is 12.6. The number of methoxy groups -OCH3 is 1. The number of benzene rings is 2. The molecule has 156 valence electrons. The summed E-state index contributed by atoms with van der Waals surface area (Å²) in [5.41, 5.74) is 2.90. The van der Waals surface area contributed by atoms with E-state index in [4.69, 9.17) is 4.74 Å². The highest BCUT2D eigenvalue weighted by molar-refractivity contribution is 5.95. The van der Waals surface area contributed by atoms with Crippen molar-refractivity contribution in [2.24, 2.45) is 0 Å². The van der Waals surface area contributed by atoms with Crippen LogP contribution in [0.2, 0.25) is 0 Å². The van der Waals surface area contributed by atoms with Gasteiger partial charge in [-0.15, -0.1) is 0 Å². The number of hydrogen-bond acceptors (Lipinski definition) is 4. The molecule has 0 atom stereocenters. The van der Waals surface area contributed by atoms with Gasteiger partial charge in [0.15, 0.2) is 11.5 Å². The maximum atomic E-state index is 12.6. The largest absolute Gasteiger partial charge is 0.493 e. The van der Waals surface area contributed by atoms with Gasteiger partial charge >= 0.3 is 6.61 Å². The highest BCUT2D eigenvalue weighted by atomic mass is 19.3. The van der Waals surface area contributed by atoms with Gasteiger partial charge in [0.1, 0.15) is 0 Å². The van der Waals surface area contributed by atoms with E-state index >= 15 is 0 Å². The van der Waals surface area contributed by atoms with E-state index in [1.165, 1.54) is 36.4 Å². The van der Waals surface area contributed by atoms with Gasteiger partial charge in [0.05, 0.1) is 7.11 Å². The number of rotatable bonds is 7. The van der Waals surface area contributed by atoms with Gasteiger partial charge in [0.2, 0.25) is 0 Å². The number of likely N-dealkylation sites (tertiary alicyclic amines) is 1. The van der Waals surface area contributed by atoms with Crippen molar-refractivity contribution in [1.82, 2.24) is 10.2 Å². The van der Waals surface area contributed by atoms with Crippen LogP contribution in [0.3, 0.4) is 0 Å². The lowest BCUT2D eigenvalue weighted by Crippen LogP contribution is -2.44. The summed E-state index contributed by atoms with van der Waals surface area (Å²) in [6.07, 6.45) is 1.72. The van der Waals surface area contributed by atoms with Gasteiger partial charge in [0, 0.05) is 31.2 Å². The third kappa shape index (κ3) is 5.90. The molecule has 1 heterocycles. The molecule has 1 saturated heterocycles. The predicted molar refractivity (Wildman–Crippen MR) is 107 cm³/mol. The van der Waals surface area contributed by atoms with Crippen molar-refractivity contribution in [2.45, 2.75) is 39.0 Å². The molecule has 3 rings (SSSR count). The van der Waals surface area contributed by atoms with Crippen molar-refractivity contribution < 1.29 is 23.0 Å². The molecule has 2 aromatic rings. The molecular formula is C22H26F2N2O3. The van der Waals surface area contributed by atoms with E-state index < -0.39 is 6.61 Å². The molecule has 7 heteroatoms. The topological polar surface area (TPSA) is 50.8 Å². The Kier molecular flexibility index (Phi) is 7.04. The molecule has 1 fully saturated rings. The second-order valence-electron chi connectivity index (χ2n) is 7.26. The summed E-state index contributed by atoms with van der Waals surface area (Å²) in [6.45, 7) is 1.86. The molecule has 29 heavy (non-hydrogen) atoms. The molecule has 1 amide bonds. The predicted octanol–water partition coefficient (Wildman–Crippen LogP) is 4.00. The second-order valence-corrected chi connectivity index (χ2v) is 7.26. The minimum atomic E-state index is -2.95. The minimum Gasteiger partial charge on any atom is -0.493 e. The third-order valence-electron chi connectivity index (χ3n) is 5.05. The van der Waals surface area contributed by atoms with Crippen molar-refractivity contribution in [2.75, 3.05) is 20.2 Å². The minimum absolute atomic E-state index is 0.0826. The average molecular weight is 404 g/mol. The van der Waals surface area contributed by atoms with Crippen LogP contribution in [0.4, 0.5) is 8.78 Å². The molecule has 0 bridgehead atoms. The number of amides is 1. The van der Waals surface area contributed by atoms with Crippen LogP contribution in [0.15, 0.2) is 42.5 Å². The molecule has 0 spiro atoms. The van der Waals surface area contributed by atoms with E-state index in [2.05, 4.69) is 46.1 Å². The number of hydrogen-bond donors (Lipinski definition) is 1. The Morgan fingerprint density at radius 1 is 1.17 bits per heavy atom. The van der Waals surface area contributed by atoms with E-state index in [1.54, 1.807) is 0 Å². The lowest BCUT2D eigenvalue weighted by molar-refractivity contribution is -0.0512. The van der Waals surface area contributed by atoms with Crippen LogP contribution >= 0.6 is 0 Å². The molecule has 0 radical (unpaired) electrons. The fourth-order valence-corrected chi connectivity index (χ4v) is 3.58. The van der Waals surface area contributed by atoms with Crippen LogP contribution in [-0.2, 0) is 6.54 Å². The Bertz CT molecular complexity index is 837. The van der Waals surface area contributed by atoms with Crippen LogP contribution in [0.25, 0.3) is 0 Å². The van der Waals surface area contributed by atoms with Crippen LogP contribution in [0.5, 0.6) is 11.5 Å². The maximum Gasteiger partial charge on any atom is 0.387 e. The fourth-order valence-electron chi connectivity index (χ4n) is 3.58. The van der Waals surface area contributed by atoms with Crippen molar-refractivity contribution in [3.05, 3.63) is 59.2 Å². The fraction of sp³-hybridized carbons (Fsp3) is 0.409. The first-order valence-electron chi connectivity index (χ1n) is 9.66. The number of ether oxygens (including phenoxy) is 2. The zero-order valence-electron chi connectivity index (χ0n) is 16.7. The van der Waals surface area contributed by atoms with E-state index in [9.17, 15) is 13.6 Å². The first-order valence-corrected chi connectivity index (χ1v) is 9.66. The van der Waals surface area contributed by atoms with Crippen LogP contribution in [0.1, 0.15) is 34.3 Å². The molecule has 0 aromatic heterocycles. The average Bonchev–Trinajstić information content (AvgIpc) is 2.69. The summed E-state index contributed by atoms with van der Waals surface area (Å²) in [5, 5.41) is 3.03. The lowest BCUT2D eigenvalue weighted by atomic mass is 10.0. The number of alkyl halides is 2. The first-order chi connectivity index (χ1) is 13.9. The second kappa shape index (κ2) is 9.69. The van der Waals surface area contributed by atoms with Crippen molar-refractivity contribution in [3.8, 4) is 11.5 Å². The zero-order chi connectivity index (χ0) is 20.8. The number of carbonyl (C=O) groups is 1. The van der Waals surface area contributed by atoms with E-state index in [1.807, 2.05) is 0 Å². The quantitative estimate of drug-likeness (QED) is 0.758. The Morgan fingerprint density at radius 2 is 1.93 bits per heavy atom. The Balaban J connectivity index is 1.53. The van der Waals surface area contributed by atoms with Crippen molar-refractivity contribution in [1.29, 1.82) is 0 Å². The van der Waals surface area contributed by atoms with Gasteiger partial charge < -0.3 is 14.8 Å². The van der Waals surface area contributed by atoms with Gasteiger partial charge in [-0.3, -0.25) is 9.69 Å². The van der Waals surface area contributed by atoms with Crippen molar-refractivity contribution >= 4 is 5.91 Å². The standard InChI is InChI=1S/C22H26F2N2O3/c1-15-4-3-5-16(12-15)14-26-10-8-18(9-11-26)25-21(27)17-6-7-19(29-22(23)24)20(13-17)28-2/h3-7,12-13,18,22H,8-11,14H2,1-2H3,(H,25,27). The summed E-state index contributed by atoms with van der Waals surface area (Å²) >= 11 is 0. The SMILES string of the molecule is COc1cc(C(=O)NC2CCN(Cc3cccc(C)c3)CC2)ccc1OC(F)F. The van der Waals surface area contributed by atoms with Crippen LogP contribution < -0.4 is 14.8 Å².